The van der Waals surface area contributed by atoms with Gasteiger partial charge in [0.1, 0.15) is 5.75 Å². The first-order valence-corrected chi connectivity index (χ1v) is 11.9. The highest BCUT2D eigenvalue weighted by Gasteiger charge is 2.62. The number of methoxy groups -OCH3 is 1. The van der Waals surface area contributed by atoms with Crippen LogP contribution in [-0.4, -0.2) is 26.1 Å². The van der Waals surface area contributed by atoms with Crippen LogP contribution in [0.5, 0.6) is 5.75 Å². The Kier molecular flexibility index (Phi) is 5.62. The van der Waals surface area contributed by atoms with E-state index in [2.05, 4.69) is 19.1 Å². The molecule has 3 fully saturated rings. The van der Waals surface area contributed by atoms with Crippen molar-refractivity contribution in [2.45, 2.75) is 83.0 Å². The number of halogens is 2. The summed E-state index contributed by atoms with van der Waals surface area (Å²) in [4.78, 5) is 0. The molecule has 1 aliphatic heterocycles. The first-order chi connectivity index (χ1) is 15.0. The summed E-state index contributed by atoms with van der Waals surface area (Å²) in [7, 11) is 1.68. The zero-order valence-electron chi connectivity index (χ0n) is 18.7. The second-order valence-corrected chi connectivity index (χ2v) is 10.3. The molecule has 170 valence electrons. The Bertz CT molecular complexity index is 845. The Morgan fingerprint density at radius 1 is 1.13 bits per heavy atom. The minimum Gasteiger partial charge on any atom is -0.497 e. The molecule has 0 radical (unpaired) electrons. The fourth-order valence-electron chi connectivity index (χ4n) is 7.50. The molecule has 0 N–H and O–H groups in total. The number of allylic oxidation sites excluding steroid dienone is 1. The van der Waals surface area contributed by atoms with Crippen molar-refractivity contribution in [3.05, 3.63) is 41.5 Å². The summed E-state index contributed by atoms with van der Waals surface area (Å²) in [6.45, 7) is 3.06. The van der Waals surface area contributed by atoms with E-state index in [-0.39, 0.29) is 29.6 Å². The normalized spacial score (nSPS) is 39.2. The molecule has 0 amide bonds. The zero-order chi connectivity index (χ0) is 21.6. The summed E-state index contributed by atoms with van der Waals surface area (Å²) in [6, 6.07) is 6.21. The van der Waals surface area contributed by atoms with Gasteiger partial charge in [0.25, 0.3) is 6.08 Å². The molecule has 4 aliphatic rings. The van der Waals surface area contributed by atoms with Gasteiger partial charge in [0, 0.05) is 12.0 Å². The summed E-state index contributed by atoms with van der Waals surface area (Å²) in [5, 5.41) is 0. The van der Waals surface area contributed by atoms with Crippen molar-refractivity contribution >= 4 is 0 Å². The van der Waals surface area contributed by atoms with E-state index in [9.17, 15) is 8.78 Å². The lowest BCUT2D eigenvalue weighted by molar-refractivity contribution is -0.215. The molecule has 1 aromatic rings. The van der Waals surface area contributed by atoms with Crippen LogP contribution in [0, 0.1) is 16.7 Å². The van der Waals surface area contributed by atoms with Gasteiger partial charge in [0.2, 0.25) is 0 Å². The van der Waals surface area contributed by atoms with E-state index in [1.807, 2.05) is 6.07 Å². The number of aryl methyl sites for hydroxylation is 1. The Hall–Kier alpha value is -1.46. The number of hydrogen-bond donors (Lipinski definition) is 0. The van der Waals surface area contributed by atoms with Crippen LogP contribution in [0.1, 0.15) is 75.3 Å². The Labute approximate surface area is 184 Å². The van der Waals surface area contributed by atoms with E-state index < -0.39 is 11.5 Å². The van der Waals surface area contributed by atoms with Gasteiger partial charge in [0.15, 0.2) is 6.29 Å². The summed E-state index contributed by atoms with van der Waals surface area (Å²) in [5.41, 5.74) is 1.91. The predicted molar refractivity (Wildman–Crippen MR) is 115 cm³/mol. The van der Waals surface area contributed by atoms with Crippen LogP contribution in [0.25, 0.3) is 0 Å². The third-order valence-electron chi connectivity index (χ3n) is 8.90. The van der Waals surface area contributed by atoms with Gasteiger partial charge in [-0.3, -0.25) is 0 Å². The maximum atomic E-state index is 13.9. The number of ether oxygens (including phenoxy) is 3. The van der Waals surface area contributed by atoms with E-state index >= 15 is 0 Å². The van der Waals surface area contributed by atoms with E-state index in [0.29, 0.717) is 0 Å². The molecule has 1 unspecified atom stereocenters. The van der Waals surface area contributed by atoms with Crippen molar-refractivity contribution in [2.75, 3.05) is 13.7 Å². The van der Waals surface area contributed by atoms with Gasteiger partial charge >= 0.3 is 0 Å². The van der Waals surface area contributed by atoms with Crippen LogP contribution in [0.3, 0.4) is 0 Å². The molecular weight excluding hydrogens is 398 g/mol. The SMILES string of the molecule is COc1ccc2c(c1)CC[C@]1(C=C(F)F)[C@@H]2CC[C@]2(C)[C@@H](OC3CCCCO3)CC[C@H]21. The summed E-state index contributed by atoms with van der Waals surface area (Å²) >= 11 is 0. The molecule has 2 saturated carbocycles. The highest BCUT2D eigenvalue weighted by Crippen LogP contribution is 2.68. The monoisotopic (exact) mass is 432 g/mol. The minimum atomic E-state index is -1.54. The van der Waals surface area contributed by atoms with Crippen molar-refractivity contribution in [3.8, 4) is 5.75 Å². The van der Waals surface area contributed by atoms with Crippen LogP contribution in [0.15, 0.2) is 30.4 Å². The van der Waals surface area contributed by atoms with Gasteiger partial charge in [-0.1, -0.05) is 13.0 Å². The average molecular weight is 433 g/mol. The van der Waals surface area contributed by atoms with Crippen LogP contribution in [-0.2, 0) is 15.9 Å². The number of benzene rings is 1. The topological polar surface area (TPSA) is 27.7 Å². The fraction of sp³-hybridized carbons (Fsp3) is 0.692. The third-order valence-corrected chi connectivity index (χ3v) is 8.90. The Balaban J connectivity index is 1.49. The van der Waals surface area contributed by atoms with Gasteiger partial charge < -0.3 is 14.2 Å². The van der Waals surface area contributed by atoms with E-state index in [4.69, 9.17) is 14.2 Å². The summed E-state index contributed by atoms with van der Waals surface area (Å²) in [6.07, 6.45) is 8.33. The predicted octanol–water partition coefficient (Wildman–Crippen LogP) is 6.61. The average Bonchev–Trinajstić information content (AvgIpc) is 3.10. The standard InChI is InChI=1S/C26H34F2O3/c1-25-12-11-20-19-7-6-18(29-2)15-17(19)10-13-26(20,16-23(27)28)21(25)8-9-22(25)31-24-5-3-4-14-30-24/h6-7,15-16,20-22,24H,3-5,8-14H2,1-2H3/t20-,21-,22+,24?,25+,26+/m1/s1. The quantitative estimate of drug-likeness (QED) is 0.535. The molecule has 5 heteroatoms. The molecule has 0 bridgehead atoms. The van der Waals surface area contributed by atoms with Crippen molar-refractivity contribution in [2.24, 2.45) is 16.7 Å². The zero-order valence-corrected chi connectivity index (χ0v) is 18.7. The molecule has 31 heavy (non-hydrogen) atoms. The first kappa shape index (κ1) is 21.4. The van der Waals surface area contributed by atoms with Gasteiger partial charge in [-0.2, -0.15) is 8.78 Å². The fourth-order valence-corrected chi connectivity index (χ4v) is 7.50. The lowest BCUT2D eigenvalue weighted by Gasteiger charge is -2.57. The molecule has 6 atom stereocenters. The van der Waals surface area contributed by atoms with Crippen LogP contribution < -0.4 is 4.74 Å². The van der Waals surface area contributed by atoms with E-state index in [1.165, 1.54) is 17.2 Å². The van der Waals surface area contributed by atoms with Gasteiger partial charge in [-0.25, -0.2) is 0 Å². The highest BCUT2D eigenvalue weighted by molar-refractivity contribution is 5.43. The number of rotatable bonds is 4. The van der Waals surface area contributed by atoms with Crippen molar-refractivity contribution < 1.29 is 23.0 Å². The lowest BCUT2D eigenvalue weighted by Crippen LogP contribution is -2.51. The molecular formula is C26H34F2O3. The molecule has 0 aromatic heterocycles. The first-order valence-electron chi connectivity index (χ1n) is 11.9. The molecule has 0 spiro atoms. The number of fused-ring (bicyclic) bond motifs is 5. The second-order valence-electron chi connectivity index (χ2n) is 10.3. The van der Waals surface area contributed by atoms with Crippen molar-refractivity contribution in [1.29, 1.82) is 0 Å². The maximum Gasteiger partial charge on any atom is 0.266 e. The highest BCUT2D eigenvalue weighted by atomic mass is 19.3. The second kappa shape index (κ2) is 8.15. The molecule has 1 heterocycles. The van der Waals surface area contributed by atoms with Crippen LogP contribution in [0.2, 0.25) is 0 Å². The van der Waals surface area contributed by atoms with Crippen LogP contribution in [0.4, 0.5) is 8.78 Å². The maximum absolute atomic E-state index is 13.9. The van der Waals surface area contributed by atoms with Crippen molar-refractivity contribution in [3.63, 3.8) is 0 Å². The molecule has 5 rings (SSSR count). The van der Waals surface area contributed by atoms with Crippen LogP contribution >= 0.6 is 0 Å². The summed E-state index contributed by atoms with van der Waals surface area (Å²) < 4.78 is 45.6. The smallest absolute Gasteiger partial charge is 0.266 e. The van der Waals surface area contributed by atoms with Gasteiger partial charge in [0.05, 0.1) is 13.2 Å². The minimum absolute atomic E-state index is 0.0896. The van der Waals surface area contributed by atoms with Gasteiger partial charge in [-0.15, -0.1) is 0 Å². The Morgan fingerprint density at radius 3 is 2.74 bits per heavy atom. The molecule has 1 saturated heterocycles. The Morgan fingerprint density at radius 2 is 2.00 bits per heavy atom. The van der Waals surface area contributed by atoms with Crippen molar-refractivity contribution in [1.82, 2.24) is 0 Å². The summed E-state index contributed by atoms with van der Waals surface area (Å²) in [5.74, 6) is 1.18. The van der Waals surface area contributed by atoms with E-state index in [0.717, 1.165) is 70.1 Å². The third kappa shape index (κ3) is 3.52. The molecule has 3 aliphatic carbocycles. The lowest BCUT2D eigenvalue weighted by atomic mass is 9.47. The largest absolute Gasteiger partial charge is 0.497 e. The molecule has 1 aromatic carbocycles. The van der Waals surface area contributed by atoms with Gasteiger partial charge in [-0.05, 0) is 104 Å². The number of hydrogen-bond acceptors (Lipinski definition) is 3. The molecule has 3 nitrogen and oxygen atoms in total. The van der Waals surface area contributed by atoms with E-state index in [1.54, 1.807) is 7.11 Å².